The van der Waals surface area contributed by atoms with E-state index in [1.807, 2.05) is 0 Å². The van der Waals surface area contributed by atoms with Crippen LogP contribution in [0, 0.1) is 17.0 Å². The Bertz CT molecular complexity index is 838. The van der Waals surface area contributed by atoms with Crippen molar-refractivity contribution in [1.82, 2.24) is 5.32 Å². The average Bonchev–Trinajstić information content (AvgIpc) is 2.55. The molecule has 6 nitrogen and oxygen atoms in total. The molecule has 0 heterocycles. The number of carbonyl (C=O) groups excluding carboxylic acids is 2. The van der Waals surface area contributed by atoms with Crippen LogP contribution in [0.2, 0.25) is 0 Å². The summed E-state index contributed by atoms with van der Waals surface area (Å²) in [5, 5.41) is 9.85. The molecule has 0 atom stereocenters. The van der Waals surface area contributed by atoms with Crippen LogP contribution in [0.15, 0.2) is 30.3 Å². The SMILES string of the molecule is COC(=O)c1cc(-c2ccc(N)c(C(=N)NC=O)c2)c(F)cc1F. The van der Waals surface area contributed by atoms with Crippen LogP contribution in [0.25, 0.3) is 11.1 Å². The number of nitrogens with one attached hydrogen (secondary N) is 2. The first kappa shape index (κ1) is 17.1. The lowest BCUT2D eigenvalue weighted by atomic mass is 9.98. The monoisotopic (exact) mass is 333 g/mol. The summed E-state index contributed by atoms with van der Waals surface area (Å²) in [7, 11) is 1.08. The highest BCUT2D eigenvalue weighted by atomic mass is 19.1. The van der Waals surface area contributed by atoms with Gasteiger partial charge in [-0.25, -0.2) is 13.6 Å². The molecular weight excluding hydrogens is 320 g/mol. The van der Waals surface area contributed by atoms with Crippen molar-refractivity contribution in [1.29, 1.82) is 5.41 Å². The number of amidine groups is 1. The number of benzene rings is 2. The fraction of sp³-hybridized carbons (Fsp3) is 0.0625. The third kappa shape index (κ3) is 3.22. The number of esters is 1. The Balaban J connectivity index is 2.60. The second-order valence-electron chi connectivity index (χ2n) is 4.74. The number of hydrogen-bond donors (Lipinski definition) is 3. The van der Waals surface area contributed by atoms with Crippen LogP contribution in [-0.2, 0) is 9.53 Å². The summed E-state index contributed by atoms with van der Waals surface area (Å²) >= 11 is 0. The van der Waals surface area contributed by atoms with Gasteiger partial charge in [0.1, 0.15) is 17.5 Å². The molecule has 4 N–H and O–H groups in total. The number of methoxy groups -OCH3 is 1. The second kappa shape index (κ2) is 6.86. The second-order valence-corrected chi connectivity index (χ2v) is 4.74. The van der Waals surface area contributed by atoms with Gasteiger partial charge in [-0.3, -0.25) is 10.2 Å². The van der Waals surface area contributed by atoms with Crippen LogP contribution in [0.4, 0.5) is 14.5 Å². The highest BCUT2D eigenvalue weighted by molar-refractivity contribution is 6.06. The molecule has 0 bridgehead atoms. The molecule has 0 aliphatic carbocycles. The minimum atomic E-state index is -1.05. The number of anilines is 1. The third-order valence-electron chi connectivity index (χ3n) is 3.30. The van der Waals surface area contributed by atoms with Crippen LogP contribution in [-0.4, -0.2) is 25.3 Å². The zero-order valence-corrected chi connectivity index (χ0v) is 12.5. The van der Waals surface area contributed by atoms with Crippen LogP contribution >= 0.6 is 0 Å². The smallest absolute Gasteiger partial charge is 0.340 e. The van der Waals surface area contributed by atoms with Gasteiger partial charge >= 0.3 is 5.97 Å². The number of ether oxygens (including phenoxy) is 1. The molecule has 124 valence electrons. The summed E-state index contributed by atoms with van der Waals surface area (Å²) < 4.78 is 32.3. The van der Waals surface area contributed by atoms with Gasteiger partial charge < -0.3 is 15.8 Å². The summed E-state index contributed by atoms with van der Waals surface area (Å²) in [4.78, 5) is 22.0. The molecule has 2 rings (SSSR count). The molecule has 0 radical (unpaired) electrons. The van der Waals surface area contributed by atoms with Crippen molar-refractivity contribution < 1.29 is 23.1 Å². The maximum atomic E-state index is 14.1. The first-order valence-corrected chi connectivity index (χ1v) is 6.65. The van der Waals surface area contributed by atoms with Gasteiger partial charge in [-0.1, -0.05) is 6.07 Å². The van der Waals surface area contributed by atoms with Crippen LogP contribution in [0.5, 0.6) is 0 Å². The first-order valence-electron chi connectivity index (χ1n) is 6.65. The van der Waals surface area contributed by atoms with Gasteiger partial charge in [-0.15, -0.1) is 0 Å². The van der Waals surface area contributed by atoms with Crippen molar-refractivity contribution in [3.63, 3.8) is 0 Å². The van der Waals surface area contributed by atoms with Crippen molar-refractivity contribution in [2.75, 3.05) is 12.8 Å². The van der Waals surface area contributed by atoms with E-state index in [1.165, 1.54) is 18.2 Å². The van der Waals surface area contributed by atoms with E-state index in [2.05, 4.69) is 10.1 Å². The first-order chi connectivity index (χ1) is 11.4. The highest BCUT2D eigenvalue weighted by Gasteiger charge is 2.18. The maximum Gasteiger partial charge on any atom is 0.340 e. The number of nitrogens with two attached hydrogens (primary N) is 1. The van der Waals surface area contributed by atoms with Crippen molar-refractivity contribution >= 4 is 23.9 Å². The van der Waals surface area contributed by atoms with E-state index in [1.54, 1.807) is 0 Å². The van der Waals surface area contributed by atoms with Gasteiger partial charge in [0.05, 0.1) is 12.7 Å². The molecule has 24 heavy (non-hydrogen) atoms. The summed E-state index contributed by atoms with van der Waals surface area (Å²) in [6.07, 6.45) is 0.308. The highest BCUT2D eigenvalue weighted by Crippen LogP contribution is 2.28. The molecule has 0 aromatic heterocycles. The molecule has 0 unspecified atom stereocenters. The molecular formula is C16H13F2N3O3. The fourth-order valence-electron chi connectivity index (χ4n) is 2.11. The topological polar surface area (TPSA) is 105 Å². The Labute approximate surface area is 135 Å². The van der Waals surface area contributed by atoms with Crippen LogP contribution in [0.3, 0.4) is 0 Å². The van der Waals surface area contributed by atoms with Gasteiger partial charge in [0.2, 0.25) is 6.41 Å². The number of nitrogen functional groups attached to an aromatic ring is 1. The lowest BCUT2D eigenvalue weighted by molar-refractivity contribution is -0.108. The van der Waals surface area contributed by atoms with E-state index in [0.717, 1.165) is 13.2 Å². The minimum absolute atomic E-state index is 0.0723. The van der Waals surface area contributed by atoms with Crippen molar-refractivity contribution in [2.24, 2.45) is 0 Å². The Morgan fingerprint density at radius 2 is 1.92 bits per heavy atom. The van der Waals surface area contributed by atoms with Crippen LogP contribution < -0.4 is 11.1 Å². The number of halogens is 2. The number of carbonyl (C=O) groups is 2. The summed E-state index contributed by atoms with van der Waals surface area (Å²) in [5.74, 6) is -3.17. The average molecular weight is 333 g/mol. The third-order valence-corrected chi connectivity index (χ3v) is 3.30. The molecule has 1 amide bonds. The Morgan fingerprint density at radius 3 is 2.54 bits per heavy atom. The van der Waals surface area contributed by atoms with E-state index >= 15 is 0 Å². The quantitative estimate of drug-likeness (QED) is 0.262. The molecule has 0 saturated carbocycles. The fourth-order valence-corrected chi connectivity index (χ4v) is 2.11. The number of amides is 1. The molecule has 0 aliphatic rings. The molecule has 2 aromatic rings. The Hall–Kier alpha value is -3.29. The summed E-state index contributed by atoms with van der Waals surface area (Å²) in [6.45, 7) is 0. The predicted octanol–water partition coefficient (Wildman–Crippen LogP) is 2.07. The van der Waals surface area contributed by atoms with Gasteiger partial charge in [-0.05, 0) is 23.8 Å². The number of rotatable bonds is 4. The largest absolute Gasteiger partial charge is 0.465 e. The van der Waals surface area contributed by atoms with Gasteiger partial charge in [-0.2, -0.15) is 0 Å². The minimum Gasteiger partial charge on any atom is -0.465 e. The lowest BCUT2D eigenvalue weighted by Gasteiger charge is -2.11. The van der Waals surface area contributed by atoms with Gasteiger partial charge in [0, 0.05) is 22.9 Å². The zero-order valence-electron chi connectivity index (χ0n) is 12.5. The molecule has 0 saturated heterocycles. The normalized spacial score (nSPS) is 10.1. The predicted molar refractivity (Wildman–Crippen MR) is 83.6 cm³/mol. The van der Waals surface area contributed by atoms with E-state index in [9.17, 15) is 18.4 Å². The summed E-state index contributed by atoms with van der Waals surface area (Å²) in [6, 6.07) is 5.80. The van der Waals surface area contributed by atoms with E-state index in [0.29, 0.717) is 12.5 Å². The molecule has 0 aliphatic heterocycles. The molecule has 8 heteroatoms. The summed E-state index contributed by atoms with van der Waals surface area (Å²) in [5.41, 5.74) is 5.83. The molecule has 2 aromatic carbocycles. The van der Waals surface area contributed by atoms with Crippen molar-refractivity contribution in [2.45, 2.75) is 0 Å². The maximum absolute atomic E-state index is 14.1. The standard InChI is InChI=1S/C16H13F2N3O3/c1-24-16(23)10-5-9(12(17)6-13(10)18)8-2-3-14(19)11(4-8)15(20)21-7-22/h2-7H,19H2,1H3,(H2,20,21,22). The number of hydrogen-bond acceptors (Lipinski definition) is 5. The van der Waals surface area contributed by atoms with Gasteiger partial charge in [0.15, 0.2) is 0 Å². The Morgan fingerprint density at radius 1 is 1.21 bits per heavy atom. The lowest BCUT2D eigenvalue weighted by Crippen LogP contribution is -2.22. The van der Waals surface area contributed by atoms with Crippen LogP contribution in [0.1, 0.15) is 15.9 Å². The zero-order chi connectivity index (χ0) is 17.9. The van der Waals surface area contributed by atoms with E-state index < -0.39 is 23.2 Å². The Kier molecular flexibility index (Phi) is 4.88. The molecule has 0 spiro atoms. The van der Waals surface area contributed by atoms with E-state index in [4.69, 9.17) is 11.1 Å². The van der Waals surface area contributed by atoms with Gasteiger partial charge in [0.25, 0.3) is 0 Å². The van der Waals surface area contributed by atoms with E-state index in [-0.39, 0.29) is 28.2 Å². The van der Waals surface area contributed by atoms with Crippen molar-refractivity contribution in [3.8, 4) is 11.1 Å². The van der Waals surface area contributed by atoms with Crippen molar-refractivity contribution in [3.05, 3.63) is 53.1 Å². The molecule has 0 fully saturated rings.